The van der Waals surface area contributed by atoms with Gasteiger partial charge in [-0.15, -0.1) is 11.3 Å². The second-order valence-corrected chi connectivity index (χ2v) is 11.0. The van der Waals surface area contributed by atoms with Gasteiger partial charge in [0.15, 0.2) is 11.7 Å². The van der Waals surface area contributed by atoms with Gasteiger partial charge in [0.05, 0.1) is 18.2 Å². The van der Waals surface area contributed by atoms with Crippen LogP contribution in [-0.2, 0) is 17.6 Å². The Bertz CT molecular complexity index is 1340. The molecule has 0 fully saturated rings. The monoisotopic (exact) mass is 596 g/mol. The Morgan fingerprint density at radius 1 is 1.24 bits per heavy atom. The Hall–Kier alpha value is -2.86. The van der Waals surface area contributed by atoms with E-state index < -0.39 is 30.1 Å². The number of thiophene rings is 1. The fourth-order valence-corrected chi connectivity index (χ4v) is 6.38. The van der Waals surface area contributed by atoms with Crippen molar-refractivity contribution >= 4 is 50.0 Å². The third kappa shape index (κ3) is 5.13. The lowest BCUT2D eigenvalue weighted by Crippen LogP contribution is -2.35. The minimum Gasteiger partial charge on any atom is -0.462 e. The standard InChI is InChI=1S/C25H24BrF3N4O3S/c1-2-36-24(35)21-15-5-3-4-6-18(15)37-23(21)31-22(34)17-12-20-30-16(13-7-9-14(26)10-8-13)11-19(25(27,28)29)33(20)32-17/h7-10,12,16,19,30H,2-6,11H2,1H3,(H,31,34)/t16-,19+/m0/s1. The predicted molar refractivity (Wildman–Crippen MR) is 137 cm³/mol. The van der Waals surface area contributed by atoms with E-state index in [1.807, 2.05) is 0 Å². The molecule has 12 heteroatoms. The molecule has 1 aliphatic heterocycles. The molecule has 1 aliphatic carbocycles. The molecule has 1 aromatic carbocycles. The van der Waals surface area contributed by atoms with Gasteiger partial charge in [-0.3, -0.25) is 4.79 Å². The summed E-state index contributed by atoms with van der Waals surface area (Å²) in [6, 6.07) is 5.85. The lowest BCUT2D eigenvalue weighted by Gasteiger charge is -2.33. The summed E-state index contributed by atoms with van der Waals surface area (Å²) in [6.45, 7) is 1.89. The number of aromatic nitrogens is 2. The van der Waals surface area contributed by atoms with Crippen LogP contribution in [0.1, 0.15) is 75.1 Å². The van der Waals surface area contributed by atoms with Crippen molar-refractivity contribution in [2.45, 2.75) is 57.3 Å². The molecule has 7 nitrogen and oxygen atoms in total. The van der Waals surface area contributed by atoms with Crippen LogP contribution in [0, 0.1) is 0 Å². The van der Waals surface area contributed by atoms with Crippen molar-refractivity contribution in [1.82, 2.24) is 9.78 Å². The number of alkyl halides is 3. The van der Waals surface area contributed by atoms with E-state index in [0.29, 0.717) is 22.5 Å². The van der Waals surface area contributed by atoms with Crippen molar-refractivity contribution in [2.75, 3.05) is 17.2 Å². The largest absolute Gasteiger partial charge is 0.462 e. The van der Waals surface area contributed by atoms with E-state index in [2.05, 4.69) is 31.7 Å². The fourth-order valence-electron chi connectivity index (χ4n) is 4.84. The van der Waals surface area contributed by atoms with E-state index in [1.165, 1.54) is 17.4 Å². The number of anilines is 2. The second kappa shape index (κ2) is 10.1. The van der Waals surface area contributed by atoms with Gasteiger partial charge >= 0.3 is 12.1 Å². The van der Waals surface area contributed by atoms with Crippen molar-refractivity contribution in [3.05, 3.63) is 62.1 Å². The molecule has 1 amide bonds. The zero-order valence-corrected chi connectivity index (χ0v) is 22.2. The summed E-state index contributed by atoms with van der Waals surface area (Å²) in [5, 5.41) is 10.2. The number of nitrogens with one attached hydrogen (secondary N) is 2. The topological polar surface area (TPSA) is 85.2 Å². The van der Waals surface area contributed by atoms with E-state index in [-0.39, 0.29) is 24.5 Å². The number of ether oxygens (including phenoxy) is 1. The molecule has 2 atom stereocenters. The van der Waals surface area contributed by atoms with Crippen molar-refractivity contribution in [2.24, 2.45) is 0 Å². The Labute approximate surface area is 223 Å². The molecular formula is C25H24BrF3N4O3S. The molecule has 0 radical (unpaired) electrons. The minimum absolute atomic E-state index is 0.0998. The number of esters is 1. The van der Waals surface area contributed by atoms with Gasteiger partial charge in [-0.2, -0.15) is 18.3 Å². The average molecular weight is 597 g/mol. The minimum atomic E-state index is -4.56. The number of amides is 1. The first kappa shape index (κ1) is 25.8. The maximum absolute atomic E-state index is 14.0. The highest BCUT2D eigenvalue weighted by molar-refractivity contribution is 9.10. The number of carbonyl (C=O) groups is 2. The summed E-state index contributed by atoms with van der Waals surface area (Å²) in [5.41, 5.74) is 1.74. The fraction of sp³-hybridized carbons (Fsp3) is 0.400. The summed E-state index contributed by atoms with van der Waals surface area (Å²) < 4.78 is 49.0. The highest BCUT2D eigenvalue weighted by atomic mass is 79.9. The van der Waals surface area contributed by atoms with Crippen molar-refractivity contribution < 1.29 is 27.5 Å². The first-order valence-electron chi connectivity index (χ1n) is 12.0. The summed E-state index contributed by atoms with van der Waals surface area (Å²) >= 11 is 4.65. The molecule has 3 aromatic rings. The van der Waals surface area contributed by atoms with Crippen molar-refractivity contribution in [1.29, 1.82) is 0 Å². The number of halogens is 4. The van der Waals surface area contributed by atoms with Crippen LogP contribution in [-0.4, -0.2) is 34.4 Å². The number of hydrogen-bond acceptors (Lipinski definition) is 6. The zero-order chi connectivity index (χ0) is 26.3. The number of rotatable bonds is 5. The molecule has 3 heterocycles. The van der Waals surface area contributed by atoms with Crippen LogP contribution in [0.4, 0.5) is 24.0 Å². The van der Waals surface area contributed by atoms with Crippen molar-refractivity contribution in [3.8, 4) is 0 Å². The molecule has 2 N–H and O–H groups in total. The highest BCUT2D eigenvalue weighted by Gasteiger charge is 2.47. The third-order valence-corrected chi connectivity index (χ3v) is 8.31. The highest BCUT2D eigenvalue weighted by Crippen LogP contribution is 2.44. The summed E-state index contributed by atoms with van der Waals surface area (Å²) in [7, 11) is 0. The molecule has 37 heavy (non-hydrogen) atoms. The van der Waals surface area contributed by atoms with Gasteiger partial charge in [0.2, 0.25) is 0 Å². The van der Waals surface area contributed by atoms with Crippen LogP contribution in [0.2, 0.25) is 0 Å². The van der Waals surface area contributed by atoms with Crippen LogP contribution in [0.3, 0.4) is 0 Å². The van der Waals surface area contributed by atoms with Gasteiger partial charge in [0, 0.05) is 21.8 Å². The van der Waals surface area contributed by atoms with E-state index in [9.17, 15) is 22.8 Å². The Morgan fingerprint density at radius 3 is 2.68 bits per heavy atom. The lowest BCUT2D eigenvalue weighted by molar-refractivity contribution is -0.173. The zero-order valence-electron chi connectivity index (χ0n) is 19.8. The number of aryl methyl sites for hydroxylation is 1. The number of hydrogen-bond donors (Lipinski definition) is 2. The molecule has 196 valence electrons. The van der Waals surface area contributed by atoms with E-state index in [1.54, 1.807) is 31.2 Å². The maximum Gasteiger partial charge on any atom is 0.410 e. The Kier molecular flexibility index (Phi) is 7.06. The smallest absolute Gasteiger partial charge is 0.410 e. The predicted octanol–water partition coefficient (Wildman–Crippen LogP) is 6.68. The van der Waals surface area contributed by atoms with Gasteiger partial charge in [-0.1, -0.05) is 28.1 Å². The van der Waals surface area contributed by atoms with Crippen LogP contribution in [0.25, 0.3) is 0 Å². The van der Waals surface area contributed by atoms with Crippen molar-refractivity contribution in [3.63, 3.8) is 0 Å². The van der Waals surface area contributed by atoms with Crippen LogP contribution in [0.15, 0.2) is 34.8 Å². The lowest BCUT2D eigenvalue weighted by atomic mass is 9.95. The first-order chi connectivity index (χ1) is 17.7. The van der Waals surface area contributed by atoms with E-state index >= 15 is 0 Å². The first-order valence-corrected chi connectivity index (χ1v) is 13.6. The molecule has 0 bridgehead atoms. The van der Waals surface area contributed by atoms with Crippen LogP contribution in [0.5, 0.6) is 0 Å². The molecule has 5 rings (SSSR count). The Morgan fingerprint density at radius 2 is 1.97 bits per heavy atom. The average Bonchev–Trinajstić information content (AvgIpc) is 3.44. The summed E-state index contributed by atoms with van der Waals surface area (Å²) in [4.78, 5) is 26.9. The molecule has 0 saturated carbocycles. The van der Waals surface area contributed by atoms with Crippen LogP contribution >= 0.6 is 27.3 Å². The van der Waals surface area contributed by atoms with E-state index in [4.69, 9.17) is 4.74 Å². The molecule has 0 spiro atoms. The number of nitrogens with zero attached hydrogens (tertiary/aromatic N) is 2. The summed E-state index contributed by atoms with van der Waals surface area (Å²) in [6.07, 6.45) is -1.40. The summed E-state index contributed by atoms with van der Waals surface area (Å²) in [5.74, 6) is -1.10. The van der Waals surface area contributed by atoms with Crippen LogP contribution < -0.4 is 10.6 Å². The molecule has 2 aliphatic rings. The maximum atomic E-state index is 14.0. The number of benzene rings is 1. The number of carbonyl (C=O) groups excluding carboxylic acids is 2. The van der Waals surface area contributed by atoms with E-state index in [0.717, 1.165) is 38.9 Å². The number of fused-ring (bicyclic) bond motifs is 2. The second-order valence-electron chi connectivity index (χ2n) is 8.99. The normalized spacial score (nSPS) is 18.9. The molecule has 0 unspecified atom stereocenters. The van der Waals surface area contributed by atoms with Gasteiger partial charge < -0.3 is 15.4 Å². The quantitative estimate of drug-likeness (QED) is 0.321. The van der Waals surface area contributed by atoms with Gasteiger partial charge in [-0.05, 0) is 55.9 Å². The molecule has 2 aromatic heterocycles. The van der Waals surface area contributed by atoms with Gasteiger partial charge in [-0.25, -0.2) is 9.48 Å². The Balaban J connectivity index is 1.45. The third-order valence-electron chi connectivity index (χ3n) is 6.57. The molecule has 0 saturated heterocycles. The SMILES string of the molecule is CCOC(=O)c1c(NC(=O)c2cc3n(n2)[C@@H](C(F)(F)F)C[C@@H](c2ccc(Br)cc2)N3)sc2c1CCCC2. The van der Waals surface area contributed by atoms with Gasteiger partial charge in [0.25, 0.3) is 5.91 Å². The van der Waals surface area contributed by atoms with Gasteiger partial charge in [0.1, 0.15) is 10.8 Å². The molecular weight excluding hydrogens is 573 g/mol.